The van der Waals surface area contributed by atoms with Gasteiger partial charge in [0.2, 0.25) is 4.96 Å². The van der Waals surface area contributed by atoms with E-state index in [2.05, 4.69) is 36.1 Å². The first kappa shape index (κ1) is 14.4. The fourth-order valence-corrected chi connectivity index (χ4v) is 3.22. The van der Waals surface area contributed by atoms with Crippen LogP contribution in [-0.2, 0) is 12.8 Å². The molecule has 0 amide bonds. The Labute approximate surface area is 118 Å². The van der Waals surface area contributed by atoms with E-state index in [0.29, 0.717) is 11.8 Å². The van der Waals surface area contributed by atoms with Gasteiger partial charge in [-0.3, -0.25) is 0 Å². The predicted octanol–water partition coefficient (Wildman–Crippen LogP) is 2.30. The lowest BCUT2D eigenvalue weighted by molar-refractivity contribution is 0.341. The zero-order chi connectivity index (χ0) is 13.8. The Hall–Kier alpha value is -1.01. The van der Waals surface area contributed by atoms with Crippen molar-refractivity contribution >= 4 is 16.3 Å². The number of nitrogens with two attached hydrogens (primary N) is 1. The summed E-state index contributed by atoms with van der Waals surface area (Å²) >= 11 is 1.65. The minimum atomic E-state index is 0.681. The monoisotopic (exact) mass is 281 g/mol. The van der Waals surface area contributed by atoms with E-state index in [0.717, 1.165) is 48.0 Å². The number of aryl methyl sites for hydroxylation is 2. The van der Waals surface area contributed by atoms with Gasteiger partial charge in [-0.05, 0) is 31.2 Å². The molecule has 0 aromatic carbocycles. The van der Waals surface area contributed by atoms with Crippen LogP contribution < -0.4 is 5.73 Å². The number of hydrogen-bond donors (Lipinski definition) is 1. The lowest BCUT2D eigenvalue weighted by Gasteiger charge is -2.19. The molecule has 0 aliphatic heterocycles. The summed E-state index contributed by atoms with van der Waals surface area (Å²) in [4.78, 5) is 0.909. The van der Waals surface area contributed by atoms with Crippen molar-refractivity contribution in [3.8, 4) is 0 Å². The summed E-state index contributed by atoms with van der Waals surface area (Å²) in [5.74, 6) is 2.31. The van der Waals surface area contributed by atoms with Gasteiger partial charge in [0.05, 0.1) is 0 Å². The molecule has 6 heteroatoms. The van der Waals surface area contributed by atoms with Gasteiger partial charge in [-0.1, -0.05) is 32.1 Å². The van der Waals surface area contributed by atoms with Gasteiger partial charge in [0.15, 0.2) is 5.82 Å². The average molecular weight is 281 g/mol. The molecule has 1 atom stereocenters. The molecule has 0 aliphatic rings. The van der Waals surface area contributed by atoms with Gasteiger partial charge in [0.25, 0.3) is 0 Å². The molecule has 19 heavy (non-hydrogen) atoms. The summed E-state index contributed by atoms with van der Waals surface area (Å²) in [6.45, 7) is 7.39. The maximum absolute atomic E-state index is 5.68. The van der Waals surface area contributed by atoms with Crippen LogP contribution in [0, 0.1) is 11.8 Å². The Balaban J connectivity index is 2.02. The normalized spacial score (nSPS) is 13.5. The van der Waals surface area contributed by atoms with E-state index in [4.69, 9.17) is 5.73 Å². The van der Waals surface area contributed by atoms with Crippen LogP contribution in [0.5, 0.6) is 0 Å². The largest absolute Gasteiger partial charge is 0.330 e. The highest BCUT2D eigenvalue weighted by Crippen LogP contribution is 2.23. The molecule has 0 saturated carbocycles. The molecule has 2 aromatic rings. The fourth-order valence-electron chi connectivity index (χ4n) is 2.35. The Morgan fingerprint density at radius 2 is 2.05 bits per heavy atom. The first-order valence-electron chi connectivity index (χ1n) is 7.05. The molecule has 1 unspecified atom stereocenters. The molecule has 2 aromatic heterocycles. The topological polar surface area (TPSA) is 69.1 Å². The van der Waals surface area contributed by atoms with Gasteiger partial charge in [-0.2, -0.15) is 9.61 Å². The zero-order valence-electron chi connectivity index (χ0n) is 12.0. The van der Waals surface area contributed by atoms with E-state index < -0.39 is 0 Å². The third-order valence-electron chi connectivity index (χ3n) is 3.62. The lowest BCUT2D eigenvalue weighted by atomic mass is 9.88. The van der Waals surface area contributed by atoms with Crippen molar-refractivity contribution in [1.29, 1.82) is 0 Å². The predicted molar refractivity (Wildman–Crippen MR) is 78.4 cm³/mol. The van der Waals surface area contributed by atoms with Crippen molar-refractivity contribution in [3.05, 3.63) is 10.8 Å². The lowest BCUT2D eigenvalue weighted by Crippen LogP contribution is -2.15. The van der Waals surface area contributed by atoms with Gasteiger partial charge in [-0.25, -0.2) is 0 Å². The molecule has 0 aliphatic carbocycles. The molecule has 0 saturated heterocycles. The molecule has 5 nitrogen and oxygen atoms in total. The number of fused-ring (bicyclic) bond motifs is 1. The third kappa shape index (κ3) is 3.30. The summed E-state index contributed by atoms with van der Waals surface area (Å²) in [6, 6.07) is 0. The van der Waals surface area contributed by atoms with Crippen molar-refractivity contribution in [2.75, 3.05) is 6.54 Å². The van der Waals surface area contributed by atoms with Crippen LogP contribution in [0.4, 0.5) is 0 Å². The Morgan fingerprint density at radius 3 is 2.68 bits per heavy atom. The van der Waals surface area contributed by atoms with Crippen LogP contribution in [0.2, 0.25) is 0 Å². The first-order valence-corrected chi connectivity index (χ1v) is 7.87. The molecular weight excluding hydrogens is 258 g/mol. The van der Waals surface area contributed by atoms with Crippen molar-refractivity contribution < 1.29 is 0 Å². The molecule has 2 N–H and O–H groups in total. The average Bonchev–Trinajstić information content (AvgIpc) is 2.93. The zero-order valence-corrected chi connectivity index (χ0v) is 12.8. The summed E-state index contributed by atoms with van der Waals surface area (Å²) in [7, 11) is 0. The second kappa shape index (κ2) is 6.43. The molecule has 0 bridgehead atoms. The summed E-state index contributed by atoms with van der Waals surface area (Å²) in [6.07, 6.45) is 4.13. The van der Waals surface area contributed by atoms with E-state index >= 15 is 0 Å². The SMILES string of the molecule is CCc1nnc2sc(CCC(CCN)C(C)C)nn12. The van der Waals surface area contributed by atoms with Gasteiger partial charge in [-0.15, -0.1) is 10.2 Å². The highest BCUT2D eigenvalue weighted by atomic mass is 32.1. The van der Waals surface area contributed by atoms with Gasteiger partial charge in [0, 0.05) is 12.8 Å². The smallest absolute Gasteiger partial charge is 0.234 e. The van der Waals surface area contributed by atoms with Gasteiger partial charge < -0.3 is 5.73 Å². The highest BCUT2D eigenvalue weighted by Gasteiger charge is 2.15. The Kier molecular flexibility index (Phi) is 4.87. The van der Waals surface area contributed by atoms with Crippen molar-refractivity contribution in [2.45, 2.75) is 46.5 Å². The van der Waals surface area contributed by atoms with Crippen LogP contribution in [0.15, 0.2) is 0 Å². The van der Waals surface area contributed by atoms with E-state index in [-0.39, 0.29) is 0 Å². The minimum Gasteiger partial charge on any atom is -0.330 e. The summed E-state index contributed by atoms with van der Waals surface area (Å²) in [5, 5.41) is 14.0. The number of rotatable bonds is 7. The van der Waals surface area contributed by atoms with E-state index in [1.165, 1.54) is 0 Å². The van der Waals surface area contributed by atoms with Crippen molar-refractivity contribution in [2.24, 2.45) is 17.6 Å². The van der Waals surface area contributed by atoms with Crippen LogP contribution in [0.25, 0.3) is 4.96 Å². The second-order valence-corrected chi connectivity index (χ2v) is 6.32. The van der Waals surface area contributed by atoms with Crippen LogP contribution in [0.3, 0.4) is 0 Å². The van der Waals surface area contributed by atoms with Gasteiger partial charge >= 0.3 is 0 Å². The quantitative estimate of drug-likeness (QED) is 0.845. The maximum atomic E-state index is 5.68. The molecule has 106 valence electrons. The van der Waals surface area contributed by atoms with E-state index in [1.54, 1.807) is 11.3 Å². The van der Waals surface area contributed by atoms with Crippen LogP contribution in [-0.4, -0.2) is 26.4 Å². The number of nitrogens with zero attached hydrogens (tertiary/aromatic N) is 4. The van der Waals surface area contributed by atoms with E-state index in [9.17, 15) is 0 Å². The van der Waals surface area contributed by atoms with Crippen molar-refractivity contribution in [1.82, 2.24) is 19.8 Å². The minimum absolute atomic E-state index is 0.681. The molecule has 0 spiro atoms. The van der Waals surface area contributed by atoms with Crippen molar-refractivity contribution in [3.63, 3.8) is 0 Å². The summed E-state index contributed by atoms with van der Waals surface area (Å²) < 4.78 is 1.88. The van der Waals surface area contributed by atoms with Crippen LogP contribution >= 0.6 is 11.3 Å². The Bertz CT molecular complexity index is 516. The maximum Gasteiger partial charge on any atom is 0.234 e. The summed E-state index contributed by atoms with van der Waals surface area (Å²) in [5.41, 5.74) is 5.68. The van der Waals surface area contributed by atoms with Gasteiger partial charge in [0.1, 0.15) is 5.01 Å². The highest BCUT2D eigenvalue weighted by molar-refractivity contribution is 7.16. The van der Waals surface area contributed by atoms with E-state index in [1.807, 2.05) is 4.52 Å². The molecule has 2 rings (SSSR count). The third-order valence-corrected chi connectivity index (χ3v) is 4.58. The molecular formula is C13H23N5S. The fraction of sp³-hybridized carbons (Fsp3) is 0.769. The first-order chi connectivity index (χ1) is 9.15. The van der Waals surface area contributed by atoms with Crippen LogP contribution in [0.1, 0.15) is 44.4 Å². The number of aromatic nitrogens is 4. The molecule has 2 heterocycles. The second-order valence-electron chi connectivity index (χ2n) is 5.28. The molecule has 0 fully saturated rings. The standard InChI is InChI=1S/C13H23N5S/c1-4-11-15-16-13-18(11)17-12(19-13)6-5-10(7-8-14)9(2)3/h9-10H,4-8,14H2,1-3H3. The Morgan fingerprint density at radius 1 is 1.26 bits per heavy atom. The number of hydrogen-bond acceptors (Lipinski definition) is 5. The molecule has 0 radical (unpaired) electrons.